The van der Waals surface area contributed by atoms with E-state index in [1.54, 1.807) is 18.6 Å². The molecule has 0 radical (unpaired) electrons. The topological polar surface area (TPSA) is 105 Å². The fourth-order valence-corrected chi connectivity index (χ4v) is 0.997. The molecule has 7 heteroatoms. The van der Waals surface area contributed by atoms with E-state index in [1.165, 1.54) is 0 Å². The van der Waals surface area contributed by atoms with Gasteiger partial charge in [0.05, 0.1) is 6.20 Å². The molecule has 0 atom stereocenters. The third-order valence-electron chi connectivity index (χ3n) is 1.67. The number of nitrogens with zero attached hydrogens (tertiary/aromatic N) is 3. The van der Waals surface area contributed by atoms with Gasteiger partial charge in [0, 0.05) is 12.4 Å². The van der Waals surface area contributed by atoms with Crippen LogP contribution in [0.25, 0.3) is 0 Å². The zero-order chi connectivity index (χ0) is 13.9. The molecule has 2 rings (SSSR count). The van der Waals surface area contributed by atoms with Gasteiger partial charge in [0.25, 0.3) is 0 Å². The van der Waals surface area contributed by atoms with Crippen LogP contribution in [-0.2, 0) is 4.79 Å². The maximum atomic E-state index is 9.29. The van der Waals surface area contributed by atoms with Gasteiger partial charge in [-0.05, 0) is 12.1 Å². The summed E-state index contributed by atoms with van der Waals surface area (Å²) in [5.74, 6) is 0.0224. The van der Waals surface area contributed by atoms with Gasteiger partial charge in [-0.3, -0.25) is 4.98 Å². The first-order valence-corrected chi connectivity index (χ1v) is 5.11. The van der Waals surface area contributed by atoms with Crippen molar-refractivity contribution in [2.45, 2.75) is 0 Å². The smallest absolute Gasteiger partial charge is 0.350 e. The monoisotopic (exact) mass is 261 g/mol. The molecule has 0 aliphatic rings. The van der Waals surface area contributed by atoms with Crippen molar-refractivity contribution in [2.75, 3.05) is 0 Å². The molecular weight excluding hydrogens is 250 g/mol. The molecule has 2 aromatic rings. The summed E-state index contributed by atoms with van der Waals surface area (Å²) in [6.07, 6.45) is 5.17. The van der Waals surface area contributed by atoms with E-state index in [0.717, 1.165) is 5.75 Å². The summed E-state index contributed by atoms with van der Waals surface area (Å²) < 4.78 is 5.40. The zero-order valence-electron chi connectivity index (χ0n) is 9.75. The summed E-state index contributed by atoms with van der Waals surface area (Å²) in [6, 6.07) is 9.49. The van der Waals surface area contributed by atoms with E-state index >= 15 is 0 Å². The summed E-state index contributed by atoms with van der Waals surface area (Å²) in [6.45, 7) is 0. The number of oxime groups is 1. The average Bonchev–Trinajstić information content (AvgIpc) is 2.41. The van der Waals surface area contributed by atoms with Crippen LogP contribution in [0.3, 0.4) is 0 Å². The van der Waals surface area contributed by atoms with Gasteiger partial charge in [0.15, 0.2) is 6.21 Å². The van der Waals surface area contributed by atoms with Gasteiger partial charge in [-0.1, -0.05) is 23.4 Å². The van der Waals surface area contributed by atoms with Crippen molar-refractivity contribution in [1.82, 2.24) is 9.97 Å². The van der Waals surface area contributed by atoms with E-state index in [1.807, 2.05) is 30.3 Å². The standard InChI is InChI=1S/C10H8N2O.C2H3NO3/c1-2-4-9(5-3-1)13-10-8-11-6-7-12-10;4-2(5)1-3-6/h1-8H;1,6H,(H,4,5). The van der Waals surface area contributed by atoms with Crippen molar-refractivity contribution in [3.8, 4) is 11.6 Å². The van der Waals surface area contributed by atoms with Crippen molar-refractivity contribution < 1.29 is 19.8 Å². The normalized spacial score (nSPS) is 9.47. The Balaban J connectivity index is 0.000000258. The molecule has 98 valence electrons. The van der Waals surface area contributed by atoms with Crippen LogP contribution in [-0.4, -0.2) is 32.5 Å². The number of benzene rings is 1. The molecule has 0 saturated carbocycles. The highest BCUT2D eigenvalue weighted by Crippen LogP contribution is 2.16. The minimum Gasteiger partial charge on any atom is -0.477 e. The van der Waals surface area contributed by atoms with E-state index in [0.29, 0.717) is 12.1 Å². The number of aromatic nitrogens is 2. The summed E-state index contributed by atoms with van der Waals surface area (Å²) in [7, 11) is 0. The average molecular weight is 261 g/mol. The van der Waals surface area contributed by atoms with Crippen molar-refractivity contribution >= 4 is 12.2 Å². The second-order valence-electron chi connectivity index (χ2n) is 3.04. The molecule has 19 heavy (non-hydrogen) atoms. The van der Waals surface area contributed by atoms with Crippen LogP contribution in [0.15, 0.2) is 54.1 Å². The van der Waals surface area contributed by atoms with Crippen LogP contribution in [0.4, 0.5) is 0 Å². The van der Waals surface area contributed by atoms with Gasteiger partial charge in [-0.25, -0.2) is 9.78 Å². The van der Waals surface area contributed by atoms with Crippen molar-refractivity contribution in [1.29, 1.82) is 0 Å². The van der Waals surface area contributed by atoms with Crippen LogP contribution >= 0.6 is 0 Å². The third kappa shape index (κ3) is 6.37. The number of ether oxygens (including phenoxy) is 1. The Labute approximate surface area is 108 Å². The van der Waals surface area contributed by atoms with Crippen LogP contribution < -0.4 is 4.74 Å². The Hall–Kier alpha value is -2.96. The molecule has 0 unspecified atom stereocenters. The number of aliphatic carboxylic acids is 1. The first kappa shape index (κ1) is 14.1. The number of para-hydroxylation sites is 1. The van der Waals surface area contributed by atoms with Gasteiger partial charge < -0.3 is 15.1 Å². The molecule has 1 heterocycles. The Morgan fingerprint density at radius 1 is 1.26 bits per heavy atom. The van der Waals surface area contributed by atoms with Crippen LogP contribution in [0.5, 0.6) is 11.6 Å². The molecule has 0 bridgehead atoms. The molecule has 0 amide bonds. The molecule has 0 aliphatic heterocycles. The lowest BCUT2D eigenvalue weighted by molar-refractivity contribution is -0.128. The summed E-state index contributed by atoms with van der Waals surface area (Å²) >= 11 is 0. The predicted octanol–water partition coefficient (Wildman–Crippen LogP) is 1.80. The largest absolute Gasteiger partial charge is 0.477 e. The van der Waals surface area contributed by atoms with Crippen molar-refractivity contribution in [3.63, 3.8) is 0 Å². The lowest BCUT2D eigenvalue weighted by atomic mass is 10.3. The highest BCUT2D eigenvalue weighted by molar-refractivity contribution is 6.21. The van der Waals surface area contributed by atoms with Crippen LogP contribution in [0.2, 0.25) is 0 Å². The number of carbonyl (C=O) groups is 1. The van der Waals surface area contributed by atoms with Crippen molar-refractivity contribution in [3.05, 3.63) is 48.9 Å². The molecule has 1 aromatic heterocycles. The van der Waals surface area contributed by atoms with Gasteiger partial charge in [-0.2, -0.15) is 0 Å². The summed E-state index contributed by atoms with van der Waals surface area (Å²) in [5, 5.41) is 17.2. The number of carboxylic acids is 1. The fourth-order valence-electron chi connectivity index (χ4n) is 0.997. The predicted molar refractivity (Wildman–Crippen MR) is 66.5 cm³/mol. The molecule has 1 aromatic carbocycles. The number of hydrogen-bond acceptors (Lipinski definition) is 6. The van der Waals surface area contributed by atoms with Crippen LogP contribution in [0, 0.1) is 0 Å². The van der Waals surface area contributed by atoms with Gasteiger partial charge in [0.1, 0.15) is 5.75 Å². The molecular formula is C12H11N3O4. The van der Waals surface area contributed by atoms with Crippen molar-refractivity contribution in [2.24, 2.45) is 5.16 Å². The molecule has 7 nitrogen and oxygen atoms in total. The first-order chi connectivity index (χ1) is 9.22. The summed E-state index contributed by atoms with van der Waals surface area (Å²) in [4.78, 5) is 17.2. The summed E-state index contributed by atoms with van der Waals surface area (Å²) in [5.41, 5.74) is 0. The number of rotatable bonds is 3. The fraction of sp³-hybridized carbons (Fsp3) is 0. The van der Waals surface area contributed by atoms with E-state index in [-0.39, 0.29) is 0 Å². The Morgan fingerprint density at radius 3 is 2.47 bits per heavy atom. The maximum Gasteiger partial charge on any atom is 0.350 e. The van der Waals surface area contributed by atoms with Gasteiger partial charge in [-0.15, -0.1) is 0 Å². The molecule has 0 fully saturated rings. The minimum absolute atomic E-state index is 0.389. The molecule has 2 N–H and O–H groups in total. The molecule has 0 aliphatic carbocycles. The van der Waals surface area contributed by atoms with E-state index in [9.17, 15) is 4.79 Å². The Kier molecular flexibility index (Phi) is 6.07. The highest BCUT2D eigenvalue weighted by atomic mass is 16.5. The van der Waals surface area contributed by atoms with E-state index < -0.39 is 5.97 Å². The molecule has 0 saturated heterocycles. The van der Waals surface area contributed by atoms with Gasteiger partial charge in [0.2, 0.25) is 5.88 Å². The second kappa shape index (κ2) is 8.18. The third-order valence-corrected chi connectivity index (χ3v) is 1.67. The molecule has 0 spiro atoms. The quantitative estimate of drug-likeness (QED) is 0.496. The lowest BCUT2D eigenvalue weighted by Gasteiger charge is -2.01. The first-order valence-electron chi connectivity index (χ1n) is 5.11. The lowest BCUT2D eigenvalue weighted by Crippen LogP contribution is -1.93. The minimum atomic E-state index is -1.25. The Morgan fingerprint density at radius 2 is 2.00 bits per heavy atom. The SMILES string of the molecule is O=C(O)C=NO.c1ccc(Oc2cnccn2)cc1. The van der Waals surface area contributed by atoms with Gasteiger partial charge >= 0.3 is 5.97 Å². The maximum absolute atomic E-state index is 9.29. The number of carboxylic acid groups (broad SMARTS) is 1. The van der Waals surface area contributed by atoms with E-state index in [2.05, 4.69) is 15.1 Å². The number of hydrogen-bond donors (Lipinski definition) is 2. The zero-order valence-corrected chi connectivity index (χ0v) is 9.75. The highest BCUT2D eigenvalue weighted by Gasteiger charge is 1.94. The van der Waals surface area contributed by atoms with Crippen LogP contribution in [0.1, 0.15) is 0 Å². The van der Waals surface area contributed by atoms with E-state index in [4.69, 9.17) is 15.1 Å². The second-order valence-corrected chi connectivity index (χ2v) is 3.04. The Bertz CT molecular complexity index is 480.